The minimum absolute atomic E-state index is 0.212. The third kappa shape index (κ3) is 3.41. The van der Waals surface area contributed by atoms with Crippen LogP contribution in [0.15, 0.2) is 0 Å². The maximum Gasteiger partial charge on any atom is 0.329 e. The van der Waals surface area contributed by atoms with E-state index in [0.29, 0.717) is 0 Å². The summed E-state index contributed by atoms with van der Waals surface area (Å²) < 4.78 is 0. The van der Waals surface area contributed by atoms with E-state index in [2.05, 4.69) is 5.32 Å². The molecule has 4 N–H and O–H groups in total. The van der Waals surface area contributed by atoms with Crippen LogP contribution in [0.1, 0.15) is 20.8 Å². The lowest BCUT2D eigenvalue weighted by Crippen LogP contribution is -2.56. The number of carbonyl (C=O) groups excluding carboxylic acids is 2. The first-order valence-electron chi connectivity index (χ1n) is 4.80. The Kier molecular flexibility index (Phi) is 4.74. The van der Waals surface area contributed by atoms with Gasteiger partial charge in [-0.3, -0.25) is 4.79 Å². The molecule has 92 valence electrons. The molecule has 0 unspecified atom stereocenters. The molecule has 3 amide bonds. The molecule has 0 aromatic carbocycles. The Morgan fingerprint density at radius 1 is 1.38 bits per heavy atom. The molecule has 0 aromatic heterocycles. The van der Waals surface area contributed by atoms with E-state index < -0.39 is 23.4 Å². The van der Waals surface area contributed by atoms with Gasteiger partial charge in [0.1, 0.15) is 5.54 Å². The van der Waals surface area contributed by atoms with Gasteiger partial charge in [0, 0.05) is 6.54 Å². The molecule has 0 rings (SSSR count). The number of rotatable bonds is 5. The molecule has 7 heteroatoms. The minimum Gasteiger partial charge on any atom is -0.480 e. The quantitative estimate of drug-likeness (QED) is 0.584. The van der Waals surface area contributed by atoms with Gasteiger partial charge in [-0.2, -0.15) is 0 Å². The Morgan fingerprint density at radius 2 is 1.88 bits per heavy atom. The molecular formula is C9H17N3O4. The van der Waals surface area contributed by atoms with Gasteiger partial charge in [-0.15, -0.1) is 0 Å². The lowest BCUT2D eigenvalue weighted by atomic mass is 10.0. The van der Waals surface area contributed by atoms with Gasteiger partial charge in [-0.1, -0.05) is 0 Å². The largest absolute Gasteiger partial charge is 0.480 e. The number of carbonyl (C=O) groups is 3. The number of hydrogen-bond acceptors (Lipinski definition) is 3. The molecule has 0 aliphatic heterocycles. The lowest BCUT2D eigenvalue weighted by molar-refractivity contribution is -0.147. The van der Waals surface area contributed by atoms with E-state index in [1.165, 1.54) is 13.8 Å². The van der Waals surface area contributed by atoms with E-state index in [1.54, 1.807) is 6.92 Å². The first-order valence-corrected chi connectivity index (χ1v) is 4.80. The van der Waals surface area contributed by atoms with Crippen molar-refractivity contribution in [3.8, 4) is 0 Å². The Hall–Kier alpha value is -1.79. The number of nitrogens with two attached hydrogens (primary N) is 1. The van der Waals surface area contributed by atoms with Crippen molar-refractivity contribution in [1.82, 2.24) is 10.2 Å². The van der Waals surface area contributed by atoms with E-state index >= 15 is 0 Å². The number of likely N-dealkylation sites (N-methyl/N-ethyl adjacent to an activating group) is 1. The SMILES string of the molecule is CCN(C(=O)NCC(N)=O)C(C)(C)C(=O)O. The van der Waals surface area contributed by atoms with Gasteiger partial charge in [0.05, 0.1) is 6.54 Å². The van der Waals surface area contributed by atoms with Crippen molar-refractivity contribution in [2.75, 3.05) is 13.1 Å². The number of urea groups is 1. The smallest absolute Gasteiger partial charge is 0.329 e. The Morgan fingerprint density at radius 3 is 2.19 bits per heavy atom. The van der Waals surface area contributed by atoms with Gasteiger partial charge in [0.2, 0.25) is 5.91 Å². The predicted octanol–water partition coefficient (Wildman–Crippen LogP) is -0.634. The molecule has 0 aliphatic carbocycles. The average Bonchev–Trinajstić information content (AvgIpc) is 2.15. The predicted molar refractivity (Wildman–Crippen MR) is 56.7 cm³/mol. The Bertz CT molecular complexity index is 301. The summed E-state index contributed by atoms with van der Waals surface area (Å²) in [6, 6.07) is -0.631. The molecular weight excluding hydrogens is 214 g/mol. The number of amides is 3. The van der Waals surface area contributed by atoms with E-state index in [4.69, 9.17) is 10.8 Å². The number of carboxylic acids is 1. The molecule has 0 radical (unpaired) electrons. The molecule has 0 aliphatic rings. The summed E-state index contributed by atoms with van der Waals surface area (Å²) >= 11 is 0. The zero-order chi connectivity index (χ0) is 12.9. The van der Waals surface area contributed by atoms with E-state index in [-0.39, 0.29) is 13.1 Å². The third-order valence-electron chi connectivity index (χ3n) is 2.17. The summed E-state index contributed by atoms with van der Waals surface area (Å²) in [4.78, 5) is 34.1. The van der Waals surface area contributed by atoms with E-state index in [9.17, 15) is 14.4 Å². The van der Waals surface area contributed by atoms with Crippen LogP contribution in [0, 0.1) is 0 Å². The number of hydrogen-bond donors (Lipinski definition) is 3. The maximum atomic E-state index is 11.6. The van der Waals surface area contributed by atoms with Crippen molar-refractivity contribution in [3.05, 3.63) is 0 Å². The standard InChI is InChI=1S/C9H17N3O4/c1-4-12(9(2,3)7(14)15)8(16)11-5-6(10)13/h4-5H2,1-3H3,(H2,10,13)(H,11,16)(H,14,15). The van der Waals surface area contributed by atoms with Gasteiger partial charge in [-0.25, -0.2) is 9.59 Å². The lowest BCUT2D eigenvalue weighted by Gasteiger charge is -2.33. The zero-order valence-electron chi connectivity index (χ0n) is 9.61. The van der Waals surface area contributed by atoms with Gasteiger partial charge in [0.25, 0.3) is 0 Å². The Balaban J connectivity index is 4.67. The molecule has 0 atom stereocenters. The molecule has 0 fully saturated rings. The van der Waals surface area contributed by atoms with Crippen LogP contribution >= 0.6 is 0 Å². The zero-order valence-corrected chi connectivity index (χ0v) is 9.61. The summed E-state index contributed by atoms with van der Waals surface area (Å²) in [7, 11) is 0. The third-order valence-corrected chi connectivity index (χ3v) is 2.17. The highest BCUT2D eigenvalue weighted by Gasteiger charge is 2.36. The molecule has 7 nitrogen and oxygen atoms in total. The summed E-state index contributed by atoms with van der Waals surface area (Å²) in [5.41, 5.74) is 3.53. The summed E-state index contributed by atoms with van der Waals surface area (Å²) in [5, 5.41) is 11.2. The van der Waals surface area contributed by atoms with Crippen LogP contribution in [0.3, 0.4) is 0 Å². The molecule has 0 spiro atoms. The van der Waals surface area contributed by atoms with Gasteiger partial charge in [-0.05, 0) is 20.8 Å². The van der Waals surface area contributed by atoms with Gasteiger partial charge in [0.15, 0.2) is 0 Å². The molecule has 0 saturated carbocycles. The van der Waals surface area contributed by atoms with Crippen molar-refractivity contribution >= 4 is 17.9 Å². The normalized spacial score (nSPS) is 10.7. The molecule has 0 aromatic rings. The van der Waals surface area contributed by atoms with Crippen LogP contribution in [0.5, 0.6) is 0 Å². The summed E-state index contributed by atoms with van der Waals surface area (Å²) in [5.74, 6) is -1.80. The number of primary amides is 1. The fourth-order valence-electron chi connectivity index (χ4n) is 1.17. The number of carboxylic acid groups (broad SMARTS) is 1. The first-order chi connectivity index (χ1) is 7.23. The fourth-order valence-corrected chi connectivity index (χ4v) is 1.17. The van der Waals surface area contributed by atoms with Crippen molar-refractivity contribution in [1.29, 1.82) is 0 Å². The highest BCUT2D eigenvalue weighted by Crippen LogP contribution is 2.14. The second kappa shape index (κ2) is 5.34. The minimum atomic E-state index is -1.34. The van der Waals surface area contributed by atoms with E-state index in [1.807, 2.05) is 0 Å². The van der Waals surface area contributed by atoms with Crippen LogP contribution < -0.4 is 11.1 Å². The van der Waals surface area contributed by atoms with Crippen LogP contribution in [0.2, 0.25) is 0 Å². The highest BCUT2D eigenvalue weighted by molar-refractivity contribution is 5.87. The first kappa shape index (κ1) is 14.2. The fraction of sp³-hybridized carbons (Fsp3) is 0.667. The van der Waals surface area contributed by atoms with Crippen molar-refractivity contribution in [2.24, 2.45) is 5.73 Å². The second-order valence-corrected chi connectivity index (χ2v) is 3.73. The van der Waals surface area contributed by atoms with Crippen LogP contribution in [0.25, 0.3) is 0 Å². The number of aliphatic carboxylic acids is 1. The maximum absolute atomic E-state index is 11.6. The van der Waals surface area contributed by atoms with Crippen LogP contribution in [-0.4, -0.2) is 46.5 Å². The molecule has 16 heavy (non-hydrogen) atoms. The van der Waals surface area contributed by atoms with Crippen molar-refractivity contribution < 1.29 is 19.5 Å². The molecule has 0 heterocycles. The molecule has 0 saturated heterocycles. The van der Waals surface area contributed by atoms with Crippen molar-refractivity contribution in [2.45, 2.75) is 26.3 Å². The van der Waals surface area contributed by atoms with Crippen LogP contribution in [-0.2, 0) is 9.59 Å². The summed E-state index contributed by atoms with van der Waals surface area (Å²) in [6.07, 6.45) is 0. The Labute approximate surface area is 93.6 Å². The highest BCUT2D eigenvalue weighted by atomic mass is 16.4. The summed E-state index contributed by atoms with van der Waals surface area (Å²) in [6.45, 7) is 4.36. The molecule has 0 bridgehead atoms. The van der Waals surface area contributed by atoms with Gasteiger partial charge >= 0.3 is 12.0 Å². The van der Waals surface area contributed by atoms with E-state index in [0.717, 1.165) is 4.90 Å². The average molecular weight is 231 g/mol. The second-order valence-electron chi connectivity index (χ2n) is 3.73. The van der Waals surface area contributed by atoms with Crippen molar-refractivity contribution in [3.63, 3.8) is 0 Å². The monoisotopic (exact) mass is 231 g/mol. The van der Waals surface area contributed by atoms with Gasteiger partial charge < -0.3 is 21.1 Å². The van der Waals surface area contributed by atoms with Crippen LogP contribution in [0.4, 0.5) is 4.79 Å². The number of nitrogens with zero attached hydrogens (tertiary/aromatic N) is 1. The topological polar surface area (TPSA) is 113 Å². The number of nitrogens with one attached hydrogen (secondary N) is 1.